The summed E-state index contributed by atoms with van der Waals surface area (Å²) >= 11 is 5.59. The van der Waals surface area contributed by atoms with Crippen molar-refractivity contribution in [2.45, 2.75) is 26.8 Å². The second-order valence-corrected chi connectivity index (χ2v) is 5.93. The molecule has 1 aromatic heterocycles. The molecule has 0 radical (unpaired) electrons. The summed E-state index contributed by atoms with van der Waals surface area (Å²) in [4.78, 5) is 2.23. The second kappa shape index (κ2) is 5.48. The molecular formula is C16H20N4S. The zero-order chi connectivity index (χ0) is 15.0. The number of rotatable bonds is 1. The molecule has 110 valence electrons. The van der Waals surface area contributed by atoms with Gasteiger partial charge in [0.1, 0.15) is 0 Å². The number of fused-ring (bicyclic) bond motifs is 1. The average molecular weight is 300 g/mol. The maximum atomic E-state index is 5.59. The number of hydrogen-bond donors (Lipinski definition) is 1. The molecular weight excluding hydrogens is 280 g/mol. The first-order valence-corrected chi connectivity index (χ1v) is 7.60. The van der Waals surface area contributed by atoms with Gasteiger partial charge in [-0.15, -0.1) is 0 Å². The molecule has 1 aliphatic rings. The fourth-order valence-electron chi connectivity index (χ4n) is 2.81. The van der Waals surface area contributed by atoms with E-state index in [0.29, 0.717) is 0 Å². The number of aryl methyl sites for hydroxylation is 2. The zero-order valence-electron chi connectivity index (χ0n) is 12.7. The van der Waals surface area contributed by atoms with Crippen LogP contribution in [0.25, 0.3) is 0 Å². The van der Waals surface area contributed by atoms with Crippen molar-refractivity contribution in [3.8, 4) is 0 Å². The number of nitrogens with zero attached hydrogens (tertiary/aromatic N) is 3. The highest BCUT2D eigenvalue weighted by atomic mass is 32.1. The molecule has 4 nitrogen and oxygen atoms in total. The SMILES string of the molecule is Cc1nn(C)c(C)c1NC(=S)N1CCc2ccccc2C1. The van der Waals surface area contributed by atoms with Gasteiger partial charge in [0.25, 0.3) is 0 Å². The molecule has 0 spiro atoms. The van der Waals surface area contributed by atoms with Crippen LogP contribution < -0.4 is 5.32 Å². The van der Waals surface area contributed by atoms with Gasteiger partial charge in [0.05, 0.1) is 17.1 Å². The molecule has 0 saturated heterocycles. The van der Waals surface area contributed by atoms with Gasteiger partial charge in [-0.2, -0.15) is 5.10 Å². The summed E-state index contributed by atoms with van der Waals surface area (Å²) in [6.07, 6.45) is 1.04. The Kier molecular flexibility index (Phi) is 3.68. The highest BCUT2D eigenvalue weighted by molar-refractivity contribution is 7.80. The van der Waals surface area contributed by atoms with Crippen molar-refractivity contribution >= 4 is 23.0 Å². The number of thiocarbonyl (C=S) groups is 1. The molecule has 1 N–H and O–H groups in total. The van der Waals surface area contributed by atoms with Crippen molar-refractivity contribution in [1.82, 2.24) is 14.7 Å². The molecule has 0 saturated carbocycles. The van der Waals surface area contributed by atoms with Crippen LogP contribution in [0.1, 0.15) is 22.5 Å². The maximum absolute atomic E-state index is 5.59. The third-order valence-corrected chi connectivity index (χ3v) is 4.52. The Balaban J connectivity index is 1.75. The second-order valence-electron chi connectivity index (χ2n) is 5.54. The molecule has 21 heavy (non-hydrogen) atoms. The summed E-state index contributed by atoms with van der Waals surface area (Å²) in [5.74, 6) is 0. The Hall–Kier alpha value is -1.88. The van der Waals surface area contributed by atoms with Gasteiger partial charge in [0.15, 0.2) is 5.11 Å². The Labute approximate surface area is 130 Å². The van der Waals surface area contributed by atoms with E-state index in [1.165, 1.54) is 11.1 Å². The molecule has 5 heteroatoms. The van der Waals surface area contributed by atoms with Gasteiger partial charge in [-0.25, -0.2) is 0 Å². The van der Waals surface area contributed by atoms with E-state index < -0.39 is 0 Å². The number of aromatic nitrogens is 2. The largest absolute Gasteiger partial charge is 0.344 e. The minimum atomic E-state index is 0.781. The van der Waals surface area contributed by atoms with Crippen molar-refractivity contribution in [1.29, 1.82) is 0 Å². The molecule has 3 rings (SSSR count). The Morgan fingerprint density at radius 1 is 1.24 bits per heavy atom. The van der Waals surface area contributed by atoms with E-state index >= 15 is 0 Å². The minimum Gasteiger partial charge on any atom is -0.344 e. The molecule has 0 bridgehead atoms. The van der Waals surface area contributed by atoms with Crippen molar-refractivity contribution in [3.05, 3.63) is 46.8 Å². The van der Waals surface area contributed by atoms with Crippen molar-refractivity contribution in [2.75, 3.05) is 11.9 Å². The first-order valence-electron chi connectivity index (χ1n) is 7.19. The third-order valence-electron chi connectivity index (χ3n) is 4.16. The summed E-state index contributed by atoms with van der Waals surface area (Å²) in [6.45, 7) is 5.89. The monoisotopic (exact) mass is 300 g/mol. The lowest BCUT2D eigenvalue weighted by Crippen LogP contribution is -2.38. The third kappa shape index (κ3) is 2.65. The quantitative estimate of drug-likeness (QED) is 0.821. The lowest BCUT2D eigenvalue weighted by molar-refractivity contribution is 0.399. The van der Waals surface area contributed by atoms with Gasteiger partial charge in [0, 0.05) is 20.1 Å². The van der Waals surface area contributed by atoms with Gasteiger partial charge in [0.2, 0.25) is 0 Å². The van der Waals surface area contributed by atoms with Gasteiger partial charge in [-0.3, -0.25) is 4.68 Å². The molecule has 0 unspecified atom stereocenters. The fourth-order valence-corrected chi connectivity index (χ4v) is 3.07. The van der Waals surface area contributed by atoms with E-state index in [4.69, 9.17) is 12.2 Å². The van der Waals surface area contributed by atoms with E-state index in [1.54, 1.807) is 0 Å². The lowest BCUT2D eigenvalue weighted by Gasteiger charge is -2.31. The van der Waals surface area contributed by atoms with E-state index in [2.05, 4.69) is 46.5 Å². The zero-order valence-corrected chi connectivity index (χ0v) is 13.5. The van der Waals surface area contributed by atoms with Crippen molar-refractivity contribution < 1.29 is 0 Å². The van der Waals surface area contributed by atoms with Crippen LogP contribution in [-0.2, 0) is 20.0 Å². The van der Waals surface area contributed by atoms with Crippen molar-refractivity contribution in [3.63, 3.8) is 0 Å². The fraction of sp³-hybridized carbons (Fsp3) is 0.375. The lowest BCUT2D eigenvalue weighted by atomic mass is 10.0. The number of anilines is 1. The van der Waals surface area contributed by atoms with Gasteiger partial charge in [-0.1, -0.05) is 24.3 Å². The Morgan fingerprint density at radius 3 is 2.62 bits per heavy atom. The Bertz CT molecular complexity index is 690. The predicted octanol–water partition coefficient (Wildman–Crippen LogP) is 2.79. The predicted molar refractivity (Wildman–Crippen MR) is 89.5 cm³/mol. The van der Waals surface area contributed by atoms with Crippen LogP contribution in [0.4, 0.5) is 5.69 Å². The molecule has 2 aromatic rings. The van der Waals surface area contributed by atoms with Gasteiger partial charge in [-0.05, 0) is 43.6 Å². The number of nitrogens with one attached hydrogen (secondary N) is 1. The van der Waals surface area contributed by atoms with Crippen LogP contribution >= 0.6 is 12.2 Å². The highest BCUT2D eigenvalue weighted by Crippen LogP contribution is 2.22. The number of hydrogen-bond acceptors (Lipinski definition) is 2. The van der Waals surface area contributed by atoms with Crippen LogP contribution in [0.2, 0.25) is 0 Å². The molecule has 0 aliphatic carbocycles. The highest BCUT2D eigenvalue weighted by Gasteiger charge is 2.19. The van der Waals surface area contributed by atoms with Crippen molar-refractivity contribution in [2.24, 2.45) is 7.05 Å². The molecule has 0 atom stereocenters. The van der Waals surface area contributed by atoms with E-state index in [-0.39, 0.29) is 0 Å². The van der Waals surface area contributed by atoms with Crippen LogP contribution in [0.3, 0.4) is 0 Å². The first kappa shape index (κ1) is 14.1. The molecule has 2 heterocycles. The minimum absolute atomic E-state index is 0.781. The van der Waals surface area contributed by atoms with Crippen LogP contribution in [0.5, 0.6) is 0 Å². The van der Waals surface area contributed by atoms with Gasteiger partial charge >= 0.3 is 0 Å². The molecule has 0 fully saturated rings. The maximum Gasteiger partial charge on any atom is 0.173 e. The molecule has 0 amide bonds. The normalized spacial score (nSPS) is 14.0. The summed E-state index contributed by atoms with van der Waals surface area (Å²) in [7, 11) is 1.95. The first-order chi connectivity index (χ1) is 10.1. The number of benzene rings is 1. The average Bonchev–Trinajstić information content (AvgIpc) is 2.73. The topological polar surface area (TPSA) is 33.1 Å². The molecule has 1 aromatic carbocycles. The van der Waals surface area contributed by atoms with E-state index in [0.717, 1.165) is 41.7 Å². The molecule has 1 aliphatic heterocycles. The van der Waals surface area contributed by atoms with Crippen LogP contribution in [0, 0.1) is 13.8 Å². The summed E-state index contributed by atoms with van der Waals surface area (Å²) in [5, 5.41) is 8.58. The van der Waals surface area contributed by atoms with E-state index in [1.807, 2.05) is 18.7 Å². The van der Waals surface area contributed by atoms with E-state index in [9.17, 15) is 0 Å². The van der Waals surface area contributed by atoms with Gasteiger partial charge < -0.3 is 10.2 Å². The summed E-state index contributed by atoms with van der Waals surface area (Å²) < 4.78 is 1.88. The smallest absolute Gasteiger partial charge is 0.173 e. The summed E-state index contributed by atoms with van der Waals surface area (Å²) in [5.41, 5.74) is 5.92. The summed E-state index contributed by atoms with van der Waals surface area (Å²) in [6, 6.07) is 8.59. The van der Waals surface area contributed by atoms with Crippen LogP contribution in [0.15, 0.2) is 24.3 Å². The Morgan fingerprint density at radius 2 is 1.95 bits per heavy atom. The standard InChI is InChI=1S/C16H20N4S/c1-11-15(12(2)19(3)18-11)17-16(21)20-9-8-13-6-4-5-7-14(13)10-20/h4-7H,8-10H2,1-3H3,(H,17,21). The van der Waals surface area contributed by atoms with Crippen LogP contribution in [-0.4, -0.2) is 26.3 Å².